The van der Waals surface area contributed by atoms with E-state index in [4.69, 9.17) is 9.98 Å². The number of nitrogens with zero attached hydrogens (tertiary/aromatic N) is 2. The molecule has 0 spiro atoms. The smallest absolute Gasteiger partial charge is 0.872 e. The van der Waals surface area contributed by atoms with E-state index in [1.807, 2.05) is 12.1 Å². The molecule has 1 saturated carbocycles. The number of halogens is 9. The zero-order valence-corrected chi connectivity index (χ0v) is 34.3. The molecular formula is C40H52CoF9N2O3. The molecule has 2 aromatic carbocycles. The van der Waals surface area contributed by atoms with Gasteiger partial charge in [-0.3, -0.25) is 9.98 Å². The van der Waals surface area contributed by atoms with E-state index in [1.165, 1.54) is 0 Å². The summed E-state index contributed by atoms with van der Waals surface area (Å²) >= 11 is 0. The van der Waals surface area contributed by atoms with Crippen LogP contribution in [0.25, 0.3) is 0 Å². The average molecular weight is 839 g/mol. The summed E-state index contributed by atoms with van der Waals surface area (Å²) in [5.74, 6) is 0.120. The Hall–Kier alpha value is -2.78. The van der Waals surface area contributed by atoms with Crippen molar-refractivity contribution in [2.24, 2.45) is 9.98 Å². The number of aliphatic imine (C=N–C) groups is 2. The van der Waals surface area contributed by atoms with Crippen LogP contribution in [0.2, 0.25) is 0 Å². The Kier molecular flexibility index (Phi) is 15.5. The van der Waals surface area contributed by atoms with Crippen LogP contribution in [-0.2, 0) is 38.4 Å². The molecule has 0 bridgehead atoms. The molecule has 0 saturated heterocycles. The summed E-state index contributed by atoms with van der Waals surface area (Å²) in [7, 11) is 0. The van der Waals surface area contributed by atoms with E-state index in [0.29, 0.717) is 11.1 Å². The predicted octanol–water partition coefficient (Wildman–Crippen LogP) is 9.64. The SMILES string of the molecule is CC(C)(C)c1cc(C=N[C@@H]2CCCC[C@H]2N=Cc2cc(C(C)(C)C)cc(C(C)(C)C)c2[O-])c([O-])c(C(C)(C)C)c1.[Co+3].[O-]C(C(F)(F)F)(C(F)(F)F)C(F)(F)F. The number of alkyl halides is 9. The number of hydrogen-bond donors (Lipinski definition) is 0. The molecular weight excluding hydrogens is 786 g/mol. The maximum atomic E-state index is 13.5. The second kappa shape index (κ2) is 17.0. The molecule has 0 aliphatic heterocycles. The molecule has 312 valence electrons. The van der Waals surface area contributed by atoms with Crippen molar-refractivity contribution in [3.05, 3.63) is 57.6 Å². The maximum absolute atomic E-state index is 13.5. The van der Waals surface area contributed by atoms with E-state index >= 15 is 0 Å². The number of rotatable bonds is 4. The van der Waals surface area contributed by atoms with Crippen LogP contribution >= 0.6 is 0 Å². The quantitative estimate of drug-likeness (QED) is 0.227. The largest absolute Gasteiger partial charge is 3.00 e. The second-order valence-corrected chi connectivity index (χ2v) is 18.0. The van der Waals surface area contributed by atoms with Crippen molar-refractivity contribution in [3.8, 4) is 11.5 Å². The summed E-state index contributed by atoms with van der Waals surface area (Å²) in [6.07, 6.45) is -13.3. The van der Waals surface area contributed by atoms with Gasteiger partial charge in [-0.15, -0.1) is 0 Å². The van der Waals surface area contributed by atoms with Gasteiger partial charge in [-0.1, -0.05) is 132 Å². The summed E-state index contributed by atoms with van der Waals surface area (Å²) in [6, 6.07) is 8.15. The van der Waals surface area contributed by atoms with Crippen LogP contribution in [0.5, 0.6) is 11.5 Å². The molecule has 3 rings (SSSR count). The molecule has 0 aromatic heterocycles. The fourth-order valence-corrected chi connectivity index (χ4v) is 5.75. The van der Waals surface area contributed by atoms with E-state index in [1.54, 1.807) is 12.4 Å². The minimum atomic E-state index is -6.98. The molecule has 1 aliphatic rings. The zero-order valence-electron chi connectivity index (χ0n) is 33.3. The van der Waals surface area contributed by atoms with Crippen molar-refractivity contribution < 1.29 is 71.6 Å². The third-order valence-electron chi connectivity index (χ3n) is 9.29. The van der Waals surface area contributed by atoms with Gasteiger partial charge in [-0.25, -0.2) is 0 Å². The maximum Gasteiger partial charge on any atom is 3.00 e. The van der Waals surface area contributed by atoms with Crippen LogP contribution in [-0.4, -0.2) is 48.6 Å². The molecule has 0 unspecified atom stereocenters. The summed E-state index contributed by atoms with van der Waals surface area (Å²) in [5.41, 5.74) is -2.32. The monoisotopic (exact) mass is 838 g/mol. The molecule has 5 nitrogen and oxygen atoms in total. The second-order valence-electron chi connectivity index (χ2n) is 18.0. The average Bonchev–Trinajstić information content (AvgIpc) is 2.96. The van der Waals surface area contributed by atoms with Gasteiger partial charge in [0.25, 0.3) is 0 Å². The molecule has 55 heavy (non-hydrogen) atoms. The third kappa shape index (κ3) is 12.1. The first-order chi connectivity index (χ1) is 23.9. The van der Waals surface area contributed by atoms with Crippen LogP contribution in [0.4, 0.5) is 39.5 Å². The van der Waals surface area contributed by atoms with E-state index in [2.05, 4.69) is 95.2 Å². The molecule has 0 heterocycles. The van der Waals surface area contributed by atoms with Gasteiger partial charge in [0.2, 0.25) is 0 Å². The summed E-state index contributed by atoms with van der Waals surface area (Å²) < 4.78 is 102. The van der Waals surface area contributed by atoms with Gasteiger partial charge in [0.05, 0.1) is 12.1 Å². The fourth-order valence-electron chi connectivity index (χ4n) is 5.75. The molecule has 1 fully saturated rings. The van der Waals surface area contributed by atoms with Crippen molar-refractivity contribution in [1.82, 2.24) is 0 Å². The molecule has 1 aliphatic carbocycles. The van der Waals surface area contributed by atoms with E-state index < -0.39 is 24.1 Å². The van der Waals surface area contributed by atoms with Crippen molar-refractivity contribution in [2.45, 2.75) is 167 Å². The number of hydrogen-bond acceptors (Lipinski definition) is 5. The van der Waals surface area contributed by atoms with Crippen LogP contribution in [0.3, 0.4) is 0 Å². The molecule has 0 radical (unpaired) electrons. The van der Waals surface area contributed by atoms with Gasteiger partial charge in [-0.05, 0) is 67.9 Å². The van der Waals surface area contributed by atoms with Gasteiger partial charge in [0.15, 0.2) is 5.60 Å². The van der Waals surface area contributed by atoms with Crippen molar-refractivity contribution >= 4 is 12.4 Å². The topological polar surface area (TPSA) is 93.9 Å². The zero-order chi connectivity index (χ0) is 42.3. The van der Waals surface area contributed by atoms with Crippen LogP contribution in [0, 0.1) is 0 Å². The van der Waals surface area contributed by atoms with Gasteiger partial charge < -0.3 is 15.3 Å². The fraction of sp³-hybridized carbons (Fsp3) is 0.650. The summed E-state index contributed by atoms with van der Waals surface area (Å²) in [4.78, 5) is 9.95. The summed E-state index contributed by atoms with van der Waals surface area (Å²) in [6.45, 7) is 25.6. The van der Waals surface area contributed by atoms with E-state index in [0.717, 1.165) is 47.9 Å². The van der Waals surface area contributed by atoms with Gasteiger partial charge in [0.1, 0.15) is 0 Å². The normalized spacial score (nSPS) is 18.3. The van der Waals surface area contributed by atoms with E-state index in [9.17, 15) is 54.8 Å². The van der Waals surface area contributed by atoms with Crippen LogP contribution in [0.1, 0.15) is 142 Å². The predicted molar refractivity (Wildman–Crippen MR) is 189 cm³/mol. The Morgan fingerprint density at radius 1 is 0.509 bits per heavy atom. The summed E-state index contributed by atoms with van der Waals surface area (Å²) in [5, 5.41) is 36.7. The Bertz CT molecular complexity index is 1530. The van der Waals surface area contributed by atoms with Gasteiger partial charge in [-0.2, -0.15) is 39.5 Å². The molecule has 15 heteroatoms. The van der Waals surface area contributed by atoms with Gasteiger partial charge in [0, 0.05) is 12.4 Å². The number of benzene rings is 2. The molecule has 2 atom stereocenters. The molecule has 0 N–H and O–H groups in total. The van der Waals surface area contributed by atoms with Crippen molar-refractivity contribution in [2.75, 3.05) is 0 Å². The minimum Gasteiger partial charge on any atom is -0.872 e. The standard InChI is InChI=1S/C36H54N2O2.C4F9O.Co/c1-33(2,3)25-17-23(31(39)27(19-25)35(7,8)9)21-37-29-15-13-14-16-30(29)38-22-24-18-26(34(4,5)6)20-28(32(24)40)36(10,11)12;5-2(6,7)1(14,3(8,9)10)4(11,12)13;/h17-22,29-30,39-40H,13-16H2,1-12H3;;/q;-1;+3/p-2/t29-,30-;;/m1../s1. The Morgan fingerprint density at radius 2 is 0.782 bits per heavy atom. The first-order valence-corrected chi connectivity index (χ1v) is 17.6. The first kappa shape index (κ1) is 50.2. The Balaban J connectivity index is 0.000000857. The van der Waals surface area contributed by atoms with Gasteiger partial charge >= 0.3 is 35.3 Å². The first-order valence-electron chi connectivity index (χ1n) is 17.6. The van der Waals surface area contributed by atoms with E-state index in [-0.39, 0.29) is 62.0 Å². The Morgan fingerprint density at radius 3 is 0.982 bits per heavy atom. The minimum absolute atomic E-state index is 0. The van der Waals surface area contributed by atoms with Crippen molar-refractivity contribution in [1.29, 1.82) is 0 Å². The van der Waals surface area contributed by atoms with Crippen LogP contribution in [0.15, 0.2) is 34.3 Å². The van der Waals surface area contributed by atoms with Crippen LogP contribution < -0.4 is 15.3 Å². The van der Waals surface area contributed by atoms with Crippen molar-refractivity contribution in [3.63, 3.8) is 0 Å². The molecule has 2 aromatic rings. The molecule has 0 amide bonds. The third-order valence-corrected chi connectivity index (χ3v) is 9.29. The Labute approximate surface area is 329 Å².